The Bertz CT molecular complexity index is 1470. The number of nitriles is 1. The van der Waals surface area contributed by atoms with Crippen LogP contribution in [0.4, 0.5) is 11.4 Å². The number of para-hydroxylation sites is 3. The Kier molecular flexibility index (Phi) is 9.08. The summed E-state index contributed by atoms with van der Waals surface area (Å²) in [6, 6.07) is 26.6. The van der Waals surface area contributed by atoms with Crippen LogP contribution in [0, 0.1) is 11.3 Å². The number of dihydropyridines is 1. The number of benzene rings is 3. The summed E-state index contributed by atoms with van der Waals surface area (Å²) in [5.41, 5.74) is 4.58. The maximum Gasteiger partial charge on any atom is 0.254 e. The van der Waals surface area contributed by atoms with Gasteiger partial charge in [-0.2, -0.15) is 5.26 Å². The summed E-state index contributed by atoms with van der Waals surface area (Å²) < 4.78 is 5.39. The summed E-state index contributed by atoms with van der Waals surface area (Å²) in [6.07, 6.45) is 0.803. The van der Waals surface area contributed by atoms with Gasteiger partial charge in [0.2, 0.25) is 5.91 Å². The molecule has 1 aliphatic heterocycles. The van der Waals surface area contributed by atoms with E-state index in [1.807, 2.05) is 73.7 Å². The minimum absolute atomic E-state index is 0.100. The first-order valence-corrected chi connectivity index (χ1v) is 13.6. The third-order valence-corrected chi connectivity index (χ3v) is 7.42. The van der Waals surface area contributed by atoms with Gasteiger partial charge in [0, 0.05) is 17.0 Å². The number of hydrogen-bond acceptors (Lipinski definition) is 6. The first-order chi connectivity index (χ1) is 19.0. The van der Waals surface area contributed by atoms with Gasteiger partial charge < -0.3 is 20.7 Å². The second kappa shape index (κ2) is 12.9. The van der Waals surface area contributed by atoms with Crippen LogP contribution in [0.1, 0.15) is 30.9 Å². The number of amides is 2. The van der Waals surface area contributed by atoms with E-state index in [9.17, 15) is 14.9 Å². The molecular formula is C31H30N4O3S. The van der Waals surface area contributed by atoms with E-state index in [1.54, 1.807) is 26.2 Å². The van der Waals surface area contributed by atoms with Crippen molar-refractivity contribution in [2.45, 2.75) is 26.2 Å². The van der Waals surface area contributed by atoms with E-state index in [0.29, 0.717) is 33.3 Å². The highest BCUT2D eigenvalue weighted by molar-refractivity contribution is 8.03. The molecule has 3 aromatic carbocycles. The molecule has 0 radical (unpaired) electrons. The number of aryl methyl sites for hydroxylation is 1. The van der Waals surface area contributed by atoms with E-state index in [0.717, 1.165) is 23.2 Å². The van der Waals surface area contributed by atoms with Gasteiger partial charge in [-0.15, -0.1) is 0 Å². The standard InChI is InChI=1S/C31H30N4O3S/c1-4-21-12-8-9-15-24(21)34-27(36)19-39-31-23(18-32)29(22-13-6-5-7-14-22)28(20(2)33-31)30(37)35-25-16-10-11-17-26(25)38-3/h5-17,29,33H,4,19H2,1-3H3,(H,34,36)(H,35,37)/t29-/m1/s1. The van der Waals surface area contributed by atoms with Crippen LogP contribution in [0.3, 0.4) is 0 Å². The maximum atomic E-state index is 13.7. The minimum Gasteiger partial charge on any atom is -0.495 e. The van der Waals surface area contributed by atoms with Crippen molar-refractivity contribution in [2.75, 3.05) is 23.5 Å². The average molecular weight is 539 g/mol. The van der Waals surface area contributed by atoms with Crippen LogP contribution in [-0.2, 0) is 16.0 Å². The zero-order chi connectivity index (χ0) is 27.8. The van der Waals surface area contributed by atoms with Gasteiger partial charge >= 0.3 is 0 Å². The third-order valence-electron chi connectivity index (χ3n) is 6.40. The molecule has 4 rings (SSSR count). The second-order valence-corrected chi connectivity index (χ2v) is 9.85. The van der Waals surface area contributed by atoms with E-state index >= 15 is 0 Å². The number of anilines is 2. The van der Waals surface area contributed by atoms with Gasteiger partial charge in [-0.1, -0.05) is 79.3 Å². The molecule has 0 aromatic heterocycles. The molecule has 0 saturated heterocycles. The number of ether oxygens (including phenoxy) is 1. The molecule has 1 aliphatic rings. The van der Waals surface area contributed by atoms with Crippen LogP contribution in [-0.4, -0.2) is 24.7 Å². The van der Waals surface area contributed by atoms with Crippen molar-refractivity contribution in [1.29, 1.82) is 5.26 Å². The fourth-order valence-electron chi connectivity index (χ4n) is 4.52. The Morgan fingerprint density at radius 1 is 0.974 bits per heavy atom. The Labute approximate surface area is 233 Å². The van der Waals surface area contributed by atoms with Gasteiger partial charge in [-0.05, 0) is 42.7 Å². The summed E-state index contributed by atoms with van der Waals surface area (Å²) in [5, 5.41) is 20.0. The number of thioether (sulfide) groups is 1. The normalized spacial score (nSPS) is 14.8. The average Bonchev–Trinajstić information content (AvgIpc) is 2.96. The molecule has 0 unspecified atom stereocenters. The van der Waals surface area contributed by atoms with Crippen molar-refractivity contribution in [1.82, 2.24) is 5.32 Å². The van der Waals surface area contributed by atoms with Gasteiger partial charge in [0.25, 0.3) is 5.91 Å². The highest BCUT2D eigenvalue weighted by Gasteiger charge is 2.35. The summed E-state index contributed by atoms with van der Waals surface area (Å²) in [7, 11) is 1.54. The van der Waals surface area contributed by atoms with E-state index in [4.69, 9.17) is 4.74 Å². The molecule has 8 heteroatoms. The number of methoxy groups -OCH3 is 1. The molecule has 3 aromatic rings. The summed E-state index contributed by atoms with van der Waals surface area (Å²) >= 11 is 1.24. The van der Waals surface area contributed by atoms with Gasteiger partial charge in [-0.25, -0.2) is 0 Å². The smallest absolute Gasteiger partial charge is 0.254 e. The molecule has 0 aliphatic carbocycles. The van der Waals surface area contributed by atoms with Crippen LogP contribution in [0.2, 0.25) is 0 Å². The fraction of sp³-hybridized carbons (Fsp3) is 0.194. The molecule has 0 saturated carbocycles. The zero-order valence-electron chi connectivity index (χ0n) is 22.1. The van der Waals surface area contributed by atoms with Crippen molar-refractivity contribution >= 4 is 35.0 Å². The van der Waals surface area contributed by atoms with Gasteiger partial charge in [0.15, 0.2) is 0 Å². The number of rotatable bonds is 9. The lowest BCUT2D eigenvalue weighted by atomic mass is 9.82. The zero-order valence-corrected chi connectivity index (χ0v) is 22.9. The molecule has 198 valence electrons. The number of nitrogens with zero attached hydrogens (tertiary/aromatic N) is 1. The van der Waals surface area contributed by atoms with Crippen LogP contribution in [0.5, 0.6) is 5.75 Å². The van der Waals surface area contributed by atoms with Gasteiger partial charge in [0.05, 0.1) is 41.1 Å². The van der Waals surface area contributed by atoms with Crippen LogP contribution >= 0.6 is 11.8 Å². The molecule has 1 atom stereocenters. The van der Waals surface area contributed by atoms with Crippen molar-refractivity contribution in [3.63, 3.8) is 0 Å². The number of hydrogen-bond donors (Lipinski definition) is 3. The molecule has 7 nitrogen and oxygen atoms in total. The van der Waals surface area contributed by atoms with E-state index in [-0.39, 0.29) is 17.6 Å². The highest BCUT2D eigenvalue weighted by Crippen LogP contribution is 2.41. The number of nitrogens with one attached hydrogen (secondary N) is 3. The number of carbonyl (C=O) groups excluding carboxylic acids is 2. The van der Waals surface area contributed by atoms with E-state index in [2.05, 4.69) is 22.0 Å². The molecule has 2 amide bonds. The summed E-state index contributed by atoms with van der Waals surface area (Å²) in [4.78, 5) is 26.5. The van der Waals surface area contributed by atoms with Gasteiger partial charge in [0.1, 0.15) is 5.75 Å². The Balaban J connectivity index is 1.62. The predicted octanol–water partition coefficient (Wildman–Crippen LogP) is 5.96. The number of carbonyl (C=O) groups is 2. The fourth-order valence-corrected chi connectivity index (χ4v) is 5.41. The predicted molar refractivity (Wildman–Crippen MR) is 156 cm³/mol. The lowest BCUT2D eigenvalue weighted by molar-refractivity contribution is -0.114. The topological polar surface area (TPSA) is 103 Å². The minimum atomic E-state index is -0.612. The van der Waals surface area contributed by atoms with Crippen LogP contribution in [0.25, 0.3) is 0 Å². The molecule has 0 spiro atoms. The summed E-state index contributed by atoms with van der Waals surface area (Å²) in [5.74, 6) is -0.497. The van der Waals surface area contributed by atoms with Gasteiger partial charge in [-0.3, -0.25) is 9.59 Å². The molecule has 39 heavy (non-hydrogen) atoms. The van der Waals surface area contributed by atoms with Crippen molar-refractivity contribution in [3.05, 3.63) is 112 Å². The first kappa shape index (κ1) is 27.6. The Morgan fingerprint density at radius 3 is 2.33 bits per heavy atom. The Hall–Kier alpha value is -4.48. The third kappa shape index (κ3) is 6.33. The lowest BCUT2D eigenvalue weighted by Gasteiger charge is -2.30. The SMILES string of the molecule is CCc1ccccc1NC(=O)CSC1=C(C#N)[C@@H](c2ccccc2)C(C(=O)Nc2ccccc2OC)=C(C)N1. The van der Waals surface area contributed by atoms with Crippen LogP contribution < -0.4 is 20.7 Å². The quantitative estimate of drug-likeness (QED) is 0.310. The molecular weight excluding hydrogens is 508 g/mol. The van der Waals surface area contributed by atoms with Crippen molar-refractivity contribution < 1.29 is 14.3 Å². The maximum absolute atomic E-state index is 13.7. The van der Waals surface area contributed by atoms with Crippen LogP contribution in [0.15, 0.2) is 101 Å². The largest absolute Gasteiger partial charge is 0.495 e. The Morgan fingerprint density at radius 2 is 1.64 bits per heavy atom. The lowest BCUT2D eigenvalue weighted by Crippen LogP contribution is -2.31. The molecule has 3 N–H and O–H groups in total. The second-order valence-electron chi connectivity index (χ2n) is 8.86. The van der Waals surface area contributed by atoms with Crippen molar-refractivity contribution in [3.8, 4) is 11.8 Å². The molecule has 0 bridgehead atoms. The van der Waals surface area contributed by atoms with Crippen molar-refractivity contribution in [2.24, 2.45) is 0 Å². The van der Waals surface area contributed by atoms with E-state index in [1.165, 1.54) is 11.8 Å². The first-order valence-electron chi connectivity index (χ1n) is 12.6. The highest BCUT2D eigenvalue weighted by atomic mass is 32.2. The summed E-state index contributed by atoms with van der Waals surface area (Å²) in [6.45, 7) is 3.84. The number of allylic oxidation sites excluding steroid dienone is 2. The molecule has 0 fully saturated rings. The molecule has 1 heterocycles. The monoisotopic (exact) mass is 538 g/mol. The van der Waals surface area contributed by atoms with E-state index < -0.39 is 5.92 Å².